The lowest BCUT2D eigenvalue weighted by molar-refractivity contribution is 0.529. The van der Waals surface area contributed by atoms with Crippen LogP contribution in [0.1, 0.15) is 65.6 Å². The Kier molecular flexibility index (Phi) is 5.04. The van der Waals surface area contributed by atoms with Crippen molar-refractivity contribution in [2.45, 2.75) is 75.5 Å². The molecule has 0 aromatic carbocycles. The van der Waals surface area contributed by atoms with Crippen LogP contribution < -0.4 is 5.32 Å². The molecule has 2 nitrogen and oxygen atoms in total. The molecule has 1 fully saturated rings. The average Bonchev–Trinajstić information content (AvgIpc) is 2.37. The van der Waals surface area contributed by atoms with Gasteiger partial charge in [-0.15, -0.1) is 11.8 Å². The lowest BCUT2D eigenvalue weighted by Gasteiger charge is -2.27. The van der Waals surface area contributed by atoms with Gasteiger partial charge in [-0.1, -0.05) is 41.5 Å². The maximum Gasteiger partial charge on any atom is 0.0969 e. The Morgan fingerprint density at radius 1 is 1.00 bits per heavy atom. The minimum absolute atomic E-state index is 0.102. The van der Waals surface area contributed by atoms with Gasteiger partial charge < -0.3 is 5.32 Å². The summed E-state index contributed by atoms with van der Waals surface area (Å²) in [5.74, 6) is 0. The third-order valence-corrected chi connectivity index (χ3v) is 5.27. The molecule has 1 aliphatic rings. The first-order valence-corrected chi connectivity index (χ1v) is 8.94. The summed E-state index contributed by atoms with van der Waals surface area (Å²) in [6, 6.07) is 4.61. The second-order valence-electron chi connectivity index (χ2n) is 8.15. The topological polar surface area (TPSA) is 24.9 Å². The van der Waals surface area contributed by atoms with E-state index in [1.807, 2.05) is 11.8 Å². The molecule has 0 atom stereocenters. The van der Waals surface area contributed by atoms with Gasteiger partial charge in [0.15, 0.2) is 0 Å². The van der Waals surface area contributed by atoms with Gasteiger partial charge in [-0.05, 0) is 49.0 Å². The van der Waals surface area contributed by atoms with E-state index in [-0.39, 0.29) is 10.8 Å². The van der Waals surface area contributed by atoms with E-state index in [0.717, 1.165) is 13.1 Å². The molecular weight excluding hydrogens is 276 g/mol. The molecule has 21 heavy (non-hydrogen) atoms. The van der Waals surface area contributed by atoms with Crippen LogP contribution in [0, 0.1) is 0 Å². The second kappa shape index (κ2) is 6.29. The van der Waals surface area contributed by atoms with E-state index in [0.29, 0.717) is 5.25 Å². The number of pyridine rings is 1. The number of rotatable bonds is 2. The van der Waals surface area contributed by atoms with Crippen LogP contribution >= 0.6 is 11.8 Å². The Balaban J connectivity index is 2.31. The van der Waals surface area contributed by atoms with Crippen molar-refractivity contribution in [2.75, 3.05) is 13.1 Å². The van der Waals surface area contributed by atoms with Crippen LogP contribution in [0.3, 0.4) is 0 Å². The van der Waals surface area contributed by atoms with Gasteiger partial charge in [-0.2, -0.15) is 0 Å². The largest absolute Gasteiger partial charge is 0.317 e. The van der Waals surface area contributed by atoms with E-state index in [9.17, 15) is 0 Å². The van der Waals surface area contributed by atoms with Crippen molar-refractivity contribution >= 4 is 11.8 Å². The summed E-state index contributed by atoms with van der Waals surface area (Å²) >= 11 is 1.97. The molecule has 1 aliphatic heterocycles. The molecule has 1 aromatic heterocycles. The Hall–Kier alpha value is -0.540. The zero-order valence-electron chi connectivity index (χ0n) is 14.4. The van der Waals surface area contributed by atoms with Crippen molar-refractivity contribution in [2.24, 2.45) is 0 Å². The van der Waals surface area contributed by atoms with Gasteiger partial charge in [0.2, 0.25) is 0 Å². The summed E-state index contributed by atoms with van der Waals surface area (Å²) in [7, 11) is 0. The fourth-order valence-electron chi connectivity index (χ4n) is 2.47. The highest BCUT2D eigenvalue weighted by Gasteiger charge is 2.23. The lowest BCUT2D eigenvalue weighted by atomic mass is 9.84. The first kappa shape index (κ1) is 16.8. The molecule has 3 heteroatoms. The van der Waals surface area contributed by atoms with E-state index in [2.05, 4.69) is 59.0 Å². The predicted molar refractivity (Wildman–Crippen MR) is 93.4 cm³/mol. The van der Waals surface area contributed by atoms with Crippen molar-refractivity contribution in [3.8, 4) is 0 Å². The molecule has 0 aliphatic carbocycles. The summed E-state index contributed by atoms with van der Waals surface area (Å²) in [6.07, 6.45) is 2.49. The van der Waals surface area contributed by atoms with Crippen molar-refractivity contribution in [1.29, 1.82) is 0 Å². The van der Waals surface area contributed by atoms with Crippen LogP contribution in [0.4, 0.5) is 0 Å². The highest BCUT2D eigenvalue weighted by molar-refractivity contribution is 7.99. The first-order chi connectivity index (χ1) is 9.66. The van der Waals surface area contributed by atoms with Crippen LogP contribution in [0.15, 0.2) is 17.2 Å². The SMILES string of the molecule is CC(C)(C)c1cc(SC2CCNCC2)nc(C(C)(C)C)c1. The molecule has 0 radical (unpaired) electrons. The van der Waals surface area contributed by atoms with E-state index >= 15 is 0 Å². The average molecular weight is 307 g/mol. The molecule has 0 saturated carbocycles. The molecule has 0 unspecified atom stereocenters. The number of piperidine rings is 1. The minimum Gasteiger partial charge on any atom is -0.317 e. The maximum atomic E-state index is 4.95. The van der Waals surface area contributed by atoms with Gasteiger partial charge in [-0.3, -0.25) is 0 Å². The Bertz CT molecular complexity index is 445. The summed E-state index contributed by atoms with van der Waals surface area (Å²) in [5.41, 5.74) is 2.89. The molecule has 0 bridgehead atoms. The van der Waals surface area contributed by atoms with Crippen molar-refractivity contribution in [3.05, 3.63) is 23.4 Å². The quantitative estimate of drug-likeness (QED) is 0.869. The first-order valence-electron chi connectivity index (χ1n) is 8.07. The number of nitrogens with one attached hydrogen (secondary N) is 1. The molecule has 2 rings (SSSR count). The third kappa shape index (κ3) is 4.72. The maximum absolute atomic E-state index is 4.95. The Morgan fingerprint density at radius 3 is 2.14 bits per heavy atom. The molecule has 1 saturated heterocycles. The summed E-state index contributed by atoms with van der Waals surface area (Å²) in [6.45, 7) is 15.9. The normalized spacial score (nSPS) is 18.0. The monoisotopic (exact) mass is 306 g/mol. The number of thioether (sulfide) groups is 1. The van der Waals surface area contributed by atoms with E-state index < -0.39 is 0 Å². The van der Waals surface area contributed by atoms with E-state index in [1.54, 1.807) is 0 Å². The van der Waals surface area contributed by atoms with Gasteiger partial charge >= 0.3 is 0 Å². The van der Waals surface area contributed by atoms with Crippen LogP contribution in [0.2, 0.25) is 0 Å². The van der Waals surface area contributed by atoms with Gasteiger partial charge in [0, 0.05) is 16.4 Å². The molecule has 1 N–H and O–H groups in total. The number of aromatic nitrogens is 1. The highest BCUT2D eigenvalue weighted by atomic mass is 32.2. The van der Waals surface area contributed by atoms with Crippen molar-refractivity contribution in [3.63, 3.8) is 0 Å². The summed E-state index contributed by atoms with van der Waals surface area (Å²) in [4.78, 5) is 4.95. The lowest BCUT2D eigenvalue weighted by Crippen LogP contribution is -2.29. The van der Waals surface area contributed by atoms with Gasteiger partial charge in [0.05, 0.1) is 5.03 Å². The second-order valence-corrected chi connectivity index (χ2v) is 9.47. The standard InChI is InChI=1S/C18H30N2S/c1-17(2,3)13-11-15(18(4,5)6)20-16(12-13)21-14-7-9-19-10-8-14/h11-12,14,19H,7-10H2,1-6H3. The molecular formula is C18H30N2S. The Labute approximate surface area is 134 Å². The smallest absolute Gasteiger partial charge is 0.0969 e. The van der Waals surface area contributed by atoms with Crippen LogP contribution in [0.5, 0.6) is 0 Å². The summed E-state index contributed by atoms with van der Waals surface area (Å²) in [5, 5.41) is 5.36. The van der Waals surface area contributed by atoms with Crippen LogP contribution in [0.25, 0.3) is 0 Å². The van der Waals surface area contributed by atoms with Gasteiger partial charge in [-0.25, -0.2) is 4.98 Å². The Morgan fingerprint density at radius 2 is 1.62 bits per heavy atom. The number of hydrogen-bond donors (Lipinski definition) is 1. The molecule has 0 spiro atoms. The van der Waals surface area contributed by atoms with Crippen LogP contribution in [-0.2, 0) is 10.8 Å². The summed E-state index contributed by atoms with van der Waals surface area (Å²) < 4.78 is 0. The fraction of sp³-hybridized carbons (Fsp3) is 0.722. The van der Waals surface area contributed by atoms with E-state index in [1.165, 1.54) is 29.1 Å². The van der Waals surface area contributed by atoms with Crippen molar-refractivity contribution < 1.29 is 0 Å². The minimum atomic E-state index is 0.102. The molecule has 0 amide bonds. The fourth-order valence-corrected chi connectivity index (χ4v) is 3.63. The molecule has 2 heterocycles. The number of hydrogen-bond acceptors (Lipinski definition) is 3. The van der Waals surface area contributed by atoms with Gasteiger partial charge in [0.25, 0.3) is 0 Å². The zero-order chi connectivity index (χ0) is 15.7. The van der Waals surface area contributed by atoms with E-state index in [4.69, 9.17) is 4.98 Å². The third-order valence-electron chi connectivity index (χ3n) is 4.01. The number of nitrogens with zero attached hydrogens (tertiary/aromatic N) is 1. The zero-order valence-corrected chi connectivity index (χ0v) is 15.2. The highest BCUT2D eigenvalue weighted by Crippen LogP contribution is 2.34. The predicted octanol–water partition coefficient (Wildman–Crippen LogP) is 4.52. The molecule has 1 aromatic rings. The molecule has 118 valence electrons. The van der Waals surface area contributed by atoms with Crippen LogP contribution in [-0.4, -0.2) is 23.3 Å². The van der Waals surface area contributed by atoms with Gasteiger partial charge in [0.1, 0.15) is 0 Å². The van der Waals surface area contributed by atoms with Crippen molar-refractivity contribution in [1.82, 2.24) is 10.3 Å².